The van der Waals surface area contributed by atoms with E-state index in [2.05, 4.69) is 35.8 Å². The van der Waals surface area contributed by atoms with Crippen LogP contribution in [-0.4, -0.2) is 27.7 Å². The maximum absolute atomic E-state index is 4.27. The predicted molar refractivity (Wildman–Crippen MR) is 65.4 cm³/mol. The fraction of sp³-hybridized carbons (Fsp3) is 0.455. The van der Waals surface area contributed by atoms with Gasteiger partial charge in [0.05, 0.1) is 4.60 Å². The summed E-state index contributed by atoms with van der Waals surface area (Å²) in [6, 6.07) is 5.98. The van der Waals surface area contributed by atoms with Gasteiger partial charge in [0.1, 0.15) is 5.82 Å². The summed E-state index contributed by atoms with van der Waals surface area (Å²) in [4.78, 5) is 0. The number of nitrogens with one attached hydrogen (secondary N) is 1. The van der Waals surface area contributed by atoms with Crippen LogP contribution in [0.4, 0.5) is 0 Å². The van der Waals surface area contributed by atoms with Crippen LogP contribution >= 0.6 is 15.9 Å². The zero-order valence-corrected chi connectivity index (χ0v) is 10.4. The van der Waals surface area contributed by atoms with Crippen LogP contribution in [0.25, 0.3) is 5.65 Å². The van der Waals surface area contributed by atoms with Crippen molar-refractivity contribution in [3.8, 4) is 0 Å². The lowest BCUT2D eigenvalue weighted by Crippen LogP contribution is -2.12. The van der Waals surface area contributed by atoms with Gasteiger partial charge in [-0.25, -0.2) is 0 Å². The normalized spacial score (nSPS) is 20.7. The second-order valence-electron chi connectivity index (χ2n) is 4.22. The predicted octanol–water partition coefficient (Wildman–Crippen LogP) is 1.64. The van der Waals surface area contributed by atoms with E-state index >= 15 is 0 Å². The van der Waals surface area contributed by atoms with Crippen LogP contribution < -0.4 is 5.32 Å². The zero-order valence-electron chi connectivity index (χ0n) is 8.86. The molecule has 0 bridgehead atoms. The Labute approximate surface area is 102 Å². The van der Waals surface area contributed by atoms with E-state index in [1.54, 1.807) is 0 Å². The van der Waals surface area contributed by atoms with Crippen molar-refractivity contribution in [2.45, 2.75) is 12.8 Å². The van der Waals surface area contributed by atoms with Gasteiger partial charge in [-0.3, -0.25) is 4.40 Å². The van der Waals surface area contributed by atoms with Crippen molar-refractivity contribution in [2.75, 3.05) is 13.1 Å². The number of hydrogen-bond acceptors (Lipinski definition) is 3. The summed E-state index contributed by atoms with van der Waals surface area (Å²) in [6.07, 6.45) is 2.23. The monoisotopic (exact) mass is 280 g/mol. The van der Waals surface area contributed by atoms with Gasteiger partial charge < -0.3 is 5.32 Å². The summed E-state index contributed by atoms with van der Waals surface area (Å²) in [5.74, 6) is 1.75. The third-order valence-corrected chi connectivity index (χ3v) is 3.70. The Morgan fingerprint density at radius 3 is 3.19 bits per heavy atom. The molecule has 1 aliphatic heterocycles. The molecule has 1 unspecified atom stereocenters. The van der Waals surface area contributed by atoms with Crippen LogP contribution in [0.5, 0.6) is 0 Å². The highest BCUT2D eigenvalue weighted by molar-refractivity contribution is 9.10. The zero-order chi connectivity index (χ0) is 11.0. The molecule has 1 saturated heterocycles. The standard InChI is InChI=1S/C11H13BrN4/c12-9-2-1-3-10-14-15-11(16(9)10)6-8-4-5-13-7-8/h1-3,8,13H,4-7H2. The number of halogens is 1. The van der Waals surface area contributed by atoms with Gasteiger partial charge in [-0.1, -0.05) is 6.07 Å². The van der Waals surface area contributed by atoms with E-state index in [0.29, 0.717) is 5.92 Å². The molecule has 2 aromatic heterocycles. The summed E-state index contributed by atoms with van der Waals surface area (Å²) in [5, 5.41) is 11.8. The van der Waals surface area contributed by atoms with Crippen molar-refractivity contribution < 1.29 is 0 Å². The first-order chi connectivity index (χ1) is 7.84. The van der Waals surface area contributed by atoms with Crippen LogP contribution in [0.3, 0.4) is 0 Å². The van der Waals surface area contributed by atoms with E-state index < -0.39 is 0 Å². The largest absolute Gasteiger partial charge is 0.316 e. The molecular weight excluding hydrogens is 268 g/mol. The summed E-state index contributed by atoms with van der Waals surface area (Å²) in [6.45, 7) is 2.22. The van der Waals surface area contributed by atoms with Gasteiger partial charge >= 0.3 is 0 Å². The Hall–Kier alpha value is -0.940. The van der Waals surface area contributed by atoms with Gasteiger partial charge in [0, 0.05) is 6.42 Å². The summed E-state index contributed by atoms with van der Waals surface area (Å²) in [5.41, 5.74) is 0.912. The van der Waals surface area contributed by atoms with Gasteiger partial charge in [0.2, 0.25) is 0 Å². The number of hydrogen-bond donors (Lipinski definition) is 1. The first-order valence-electron chi connectivity index (χ1n) is 5.54. The van der Waals surface area contributed by atoms with Gasteiger partial charge in [-0.15, -0.1) is 10.2 Å². The summed E-state index contributed by atoms with van der Waals surface area (Å²) in [7, 11) is 0. The number of rotatable bonds is 2. The molecule has 5 heteroatoms. The minimum Gasteiger partial charge on any atom is -0.316 e. The molecule has 4 nitrogen and oxygen atoms in total. The average Bonchev–Trinajstić information content (AvgIpc) is 2.90. The lowest BCUT2D eigenvalue weighted by atomic mass is 10.1. The van der Waals surface area contributed by atoms with Gasteiger partial charge in [0.15, 0.2) is 5.65 Å². The van der Waals surface area contributed by atoms with Crippen molar-refractivity contribution in [1.29, 1.82) is 0 Å². The molecular formula is C11H13BrN4. The van der Waals surface area contributed by atoms with E-state index in [9.17, 15) is 0 Å². The van der Waals surface area contributed by atoms with E-state index in [0.717, 1.165) is 35.6 Å². The molecule has 0 spiro atoms. The van der Waals surface area contributed by atoms with E-state index in [1.165, 1.54) is 6.42 Å². The third-order valence-electron chi connectivity index (χ3n) is 3.08. The summed E-state index contributed by atoms with van der Waals surface area (Å²) >= 11 is 3.54. The smallest absolute Gasteiger partial charge is 0.161 e. The molecule has 1 atom stereocenters. The Morgan fingerprint density at radius 2 is 2.38 bits per heavy atom. The molecule has 84 valence electrons. The molecule has 0 saturated carbocycles. The van der Waals surface area contributed by atoms with Crippen molar-refractivity contribution >= 4 is 21.6 Å². The van der Waals surface area contributed by atoms with Crippen LogP contribution in [-0.2, 0) is 6.42 Å². The SMILES string of the molecule is Brc1cccc2nnc(CC3CCNC3)n12. The molecule has 0 radical (unpaired) electrons. The fourth-order valence-electron chi connectivity index (χ4n) is 2.24. The minimum atomic E-state index is 0.694. The lowest BCUT2D eigenvalue weighted by Gasteiger charge is -2.07. The molecule has 2 aromatic rings. The van der Waals surface area contributed by atoms with Crippen LogP contribution in [0.15, 0.2) is 22.8 Å². The van der Waals surface area contributed by atoms with E-state index in [-0.39, 0.29) is 0 Å². The fourth-order valence-corrected chi connectivity index (χ4v) is 2.78. The van der Waals surface area contributed by atoms with Crippen molar-refractivity contribution in [2.24, 2.45) is 5.92 Å². The second-order valence-corrected chi connectivity index (χ2v) is 5.03. The lowest BCUT2D eigenvalue weighted by molar-refractivity contribution is 0.557. The van der Waals surface area contributed by atoms with Crippen LogP contribution in [0.1, 0.15) is 12.2 Å². The number of aromatic nitrogens is 3. The topological polar surface area (TPSA) is 42.2 Å². The highest BCUT2D eigenvalue weighted by Gasteiger charge is 2.18. The van der Waals surface area contributed by atoms with Crippen molar-refractivity contribution in [3.05, 3.63) is 28.6 Å². The Balaban J connectivity index is 1.97. The molecule has 1 N–H and O–H groups in total. The minimum absolute atomic E-state index is 0.694. The van der Waals surface area contributed by atoms with Gasteiger partial charge in [-0.2, -0.15) is 0 Å². The highest BCUT2D eigenvalue weighted by atomic mass is 79.9. The molecule has 3 heterocycles. The maximum Gasteiger partial charge on any atom is 0.161 e. The maximum atomic E-state index is 4.27. The van der Waals surface area contributed by atoms with Crippen LogP contribution in [0.2, 0.25) is 0 Å². The number of pyridine rings is 1. The Kier molecular flexibility index (Phi) is 2.65. The second kappa shape index (κ2) is 4.14. The quantitative estimate of drug-likeness (QED) is 0.851. The van der Waals surface area contributed by atoms with Crippen molar-refractivity contribution in [1.82, 2.24) is 19.9 Å². The molecule has 16 heavy (non-hydrogen) atoms. The summed E-state index contributed by atoms with van der Waals surface area (Å²) < 4.78 is 3.11. The molecule has 0 aromatic carbocycles. The van der Waals surface area contributed by atoms with Gasteiger partial charge in [-0.05, 0) is 53.5 Å². The van der Waals surface area contributed by atoms with Crippen molar-refractivity contribution in [3.63, 3.8) is 0 Å². The highest BCUT2D eigenvalue weighted by Crippen LogP contribution is 2.18. The molecule has 0 amide bonds. The molecule has 1 fully saturated rings. The molecule has 0 aliphatic carbocycles. The van der Waals surface area contributed by atoms with Gasteiger partial charge in [0.25, 0.3) is 0 Å². The van der Waals surface area contributed by atoms with Crippen LogP contribution in [0, 0.1) is 5.92 Å². The first kappa shape index (κ1) is 10.2. The Morgan fingerprint density at radius 1 is 1.44 bits per heavy atom. The third kappa shape index (κ3) is 1.74. The molecule has 3 rings (SSSR count). The first-order valence-corrected chi connectivity index (χ1v) is 6.33. The Bertz CT molecular complexity index is 502. The van der Waals surface area contributed by atoms with E-state index in [1.807, 2.05) is 18.2 Å². The molecule has 1 aliphatic rings. The van der Waals surface area contributed by atoms with E-state index in [4.69, 9.17) is 0 Å². The number of nitrogens with zero attached hydrogens (tertiary/aromatic N) is 3. The number of fused-ring (bicyclic) bond motifs is 1. The average molecular weight is 281 g/mol.